The molecule has 2 N–H and O–H groups in total. The lowest BCUT2D eigenvalue weighted by Gasteiger charge is -2.08. The quantitative estimate of drug-likeness (QED) is 0.892. The summed E-state index contributed by atoms with van der Waals surface area (Å²) >= 11 is 3.16. The van der Waals surface area contributed by atoms with Crippen molar-refractivity contribution in [2.24, 2.45) is 0 Å². The lowest BCUT2D eigenvalue weighted by atomic mass is 10.3. The maximum absolute atomic E-state index is 13.1. The molecule has 2 rings (SSSR count). The highest BCUT2D eigenvalue weighted by Crippen LogP contribution is 2.25. The van der Waals surface area contributed by atoms with Crippen LogP contribution in [0.4, 0.5) is 10.1 Å². The minimum Gasteiger partial charge on any atom is -0.332 e. The van der Waals surface area contributed by atoms with Crippen molar-refractivity contribution < 1.29 is 12.8 Å². The molecule has 1 heterocycles. The number of imidazole rings is 1. The molecule has 0 saturated heterocycles. The SMILES string of the molecule is CCc1ncc(S(=O)(=O)Nc2cc(F)ccc2Br)[nH]1. The van der Waals surface area contributed by atoms with E-state index < -0.39 is 15.8 Å². The standard InChI is InChI=1S/C11H11BrFN3O2S/c1-2-10-14-6-11(15-10)19(17,18)16-9-5-7(13)3-4-8(9)12/h3-6,16H,2H2,1H3,(H,14,15). The van der Waals surface area contributed by atoms with E-state index in [0.717, 1.165) is 6.07 Å². The van der Waals surface area contributed by atoms with Gasteiger partial charge < -0.3 is 4.98 Å². The number of hydrogen-bond donors (Lipinski definition) is 2. The second-order valence-electron chi connectivity index (χ2n) is 3.78. The summed E-state index contributed by atoms with van der Waals surface area (Å²) in [5, 5.41) is -0.0551. The van der Waals surface area contributed by atoms with Crippen molar-refractivity contribution in [3.63, 3.8) is 0 Å². The van der Waals surface area contributed by atoms with Crippen LogP contribution < -0.4 is 4.72 Å². The third kappa shape index (κ3) is 3.13. The van der Waals surface area contributed by atoms with Gasteiger partial charge in [0.2, 0.25) is 0 Å². The summed E-state index contributed by atoms with van der Waals surface area (Å²) in [5.41, 5.74) is 0.132. The first-order valence-corrected chi connectivity index (χ1v) is 7.71. The topological polar surface area (TPSA) is 74.8 Å². The molecule has 0 radical (unpaired) electrons. The largest absolute Gasteiger partial charge is 0.332 e. The van der Waals surface area contributed by atoms with Gasteiger partial charge >= 0.3 is 0 Å². The molecule has 0 saturated carbocycles. The summed E-state index contributed by atoms with van der Waals surface area (Å²) in [6, 6.07) is 3.75. The van der Waals surface area contributed by atoms with Crippen molar-refractivity contribution in [3.8, 4) is 0 Å². The fourth-order valence-electron chi connectivity index (χ4n) is 1.43. The van der Waals surface area contributed by atoms with Crippen LogP contribution in [-0.2, 0) is 16.4 Å². The third-order valence-corrected chi connectivity index (χ3v) is 4.37. The highest BCUT2D eigenvalue weighted by molar-refractivity contribution is 9.10. The van der Waals surface area contributed by atoms with Crippen molar-refractivity contribution in [3.05, 3.63) is 40.5 Å². The summed E-state index contributed by atoms with van der Waals surface area (Å²) in [6.45, 7) is 1.85. The number of aryl methyl sites for hydroxylation is 1. The van der Waals surface area contributed by atoms with Gasteiger partial charge in [-0.15, -0.1) is 0 Å². The zero-order valence-corrected chi connectivity index (χ0v) is 12.3. The molecule has 102 valence electrons. The van der Waals surface area contributed by atoms with Crippen molar-refractivity contribution in [1.29, 1.82) is 0 Å². The van der Waals surface area contributed by atoms with Crippen LogP contribution in [0.2, 0.25) is 0 Å². The molecule has 0 fully saturated rings. The monoisotopic (exact) mass is 347 g/mol. The lowest BCUT2D eigenvalue weighted by molar-refractivity contribution is 0.597. The molecule has 1 aromatic heterocycles. The van der Waals surface area contributed by atoms with Gasteiger partial charge in [-0.05, 0) is 34.1 Å². The summed E-state index contributed by atoms with van der Waals surface area (Å²) < 4.78 is 40.0. The fraction of sp³-hybridized carbons (Fsp3) is 0.182. The Kier molecular flexibility index (Phi) is 3.91. The molecule has 0 amide bonds. The number of rotatable bonds is 4. The van der Waals surface area contributed by atoms with Crippen LogP contribution >= 0.6 is 15.9 Å². The van der Waals surface area contributed by atoms with E-state index in [1.54, 1.807) is 0 Å². The maximum atomic E-state index is 13.1. The number of aromatic amines is 1. The zero-order chi connectivity index (χ0) is 14.0. The van der Waals surface area contributed by atoms with Crippen LogP contribution in [0.25, 0.3) is 0 Å². The molecular weight excluding hydrogens is 337 g/mol. The van der Waals surface area contributed by atoms with Crippen molar-refractivity contribution in [2.75, 3.05) is 4.72 Å². The highest BCUT2D eigenvalue weighted by atomic mass is 79.9. The van der Waals surface area contributed by atoms with E-state index in [4.69, 9.17) is 0 Å². The van der Waals surface area contributed by atoms with Crippen LogP contribution in [0.1, 0.15) is 12.7 Å². The molecule has 0 atom stereocenters. The van der Waals surface area contributed by atoms with Gasteiger partial charge in [0.15, 0.2) is 5.03 Å². The molecule has 5 nitrogen and oxygen atoms in total. The van der Waals surface area contributed by atoms with Gasteiger partial charge in [0.1, 0.15) is 11.6 Å². The van der Waals surface area contributed by atoms with Crippen LogP contribution in [-0.4, -0.2) is 18.4 Å². The number of nitrogens with one attached hydrogen (secondary N) is 2. The predicted octanol–water partition coefficient (Wildman–Crippen LogP) is 2.67. The normalized spacial score (nSPS) is 11.5. The van der Waals surface area contributed by atoms with Crippen LogP contribution in [0.3, 0.4) is 0 Å². The lowest BCUT2D eigenvalue weighted by Crippen LogP contribution is -2.14. The molecule has 0 aliphatic heterocycles. The Morgan fingerprint density at radius 3 is 2.84 bits per heavy atom. The molecule has 0 spiro atoms. The van der Waals surface area contributed by atoms with Crippen LogP contribution in [0, 0.1) is 5.82 Å². The molecule has 0 bridgehead atoms. The minimum absolute atomic E-state index is 0.0551. The molecule has 0 aliphatic carbocycles. The van der Waals surface area contributed by atoms with E-state index in [1.165, 1.54) is 18.3 Å². The van der Waals surface area contributed by atoms with Crippen molar-refractivity contribution >= 4 is 31.6 Å². The molecule has 0 unspecified atom stereocenters. The Hall–Kier alpha value is -1.41. The third-order valence-electron chi connectivity index (χ3n) is 2.40. The maximum Gasteiger partial charge on any atom is 0.279 e. The number of benzene rings is 1. The van der Waals surface area contributed by atoms with Gasteiger partial charge in [-0.25, -0.2) is 9.37 Å². The average molecular weight is 348 g/mol. The summed E-state index contributed by atoms with van der Waals surface area (Å²) in [7, 11) is -3.81. The van der Waals surface area contributed by atoms with E-state index in [2.05, 4.69) is 30.6 Å². The zero-order valence-electron chi connectivity index (χ0n) is 9.94. The highest BCUT2D eigenvalue weighted by Gasteiger charge is 2.18. The predicted molar refractivity (Wildman–Crippen MR) is 72.9 cm³/mol. The summed E-state index contributed by atoms with van der Waals surface area (Å²) in [6.07, 6.45) is 1.83. The number of aromatic nitrogens is 2. The van der Waals surface area contributed by atoms with Gasteiger partial charge in [0.05, 0.1) is 11.9 Å². The molecule has 19 heavy (non-hydrogen) atoms. The Morgan fingerprint density at radius 2 is 2.21 bits per heavy atom. The second kappa shape index (κ2) is 5.30. The van der Waals surface area contributed by atoms with Crippen molar-refractivity contribution in [1.82, 2.24) is 9.97 Å². The molecular formula is C11H11BrFN3O2S. The summed E-state index contributed by atoms with van der Waals surface area (Å²) in [5.74, 6) is 0.0402. The smallest absolute Gasteiger partial charge is 0.279 e. The van der Waals surface area contributed by atoms with Crippen LogP contribution in [0.15, 0.2) is 33.9 Å². The Bertz CT molecular complexity index is 700. The Morgan fingerprint density at radius 1 is 1.47 bits per heavy atom. The number of H-pyrrole nitrogens is 1. The number of anilines is 1. The Labute approximate surface area is 118 Å². The van der Waals surface area contributed by atoms with Gasteiger partial charge in [-0.2, -0.15) is 8.42 Å². The van der Waals surface area contributed by atoms with Gasteiger partial charge in [-0.3, -0.25) is 4.72 Å². The van der Waals surface area contributed by atoms with E-state index in [-0.39, 0.29) is 10.7 Å². The van der Waals surface area contributed by atoms with E-state index >= 15 is 0 Å². The minimum atomic E-state index is -3.81. The fourth-order valence-corrected chi connectivity index (χ4v) is 2.92. The first-order valence-electron chi connectivity index (χ1n) is 5.44. The second-order valence-corrected chi connectivity index (χ2v) is 6.28. The van der Waals surface area contributed by atoms with Gasteiger partial charge in [0.25, 0.3) is 10.0 Å². The number of sulfonamides is 1. The first-order chi connectivity index (χ1) is 8.92. The van der Waals surface area contributed by atoms with E-state index in [9.17, 15) is 12.8 Å². The number of halogens is 2. The number of hydrogen-bond acceptors (Lipinski definition) is 3. The molecule has 8 heteroatoms. The van der Waals surface area contributed by atoms with Gasteiger partial charge in [-0.1, -0.05) is 6.92 Å². The van der Waals surface area contributed by atoms with E-state index in [1.807, 2.05) is 6.92 Å². The van der Waals surface area contributed by atoms with Crippen molar-refractivity contribution in [2.45, 2.75) is 18.4 Å². The molecule has 2 aromatic rings. The van der Waals surface area contributed by atoms with Crippen LogP contribution in [0.5, 0.6) is 0 Å². The molecule has 0 aliphatic rings. The molecule has 1 aromatic carbocycles. The average Bonchev–Trinajstić information content (AvgIpc) is 2.83. The Balaban J connectivity index is 2.33. The summed E-state index contributed by atoms with van der Waals surface area (Å²) in [4.78, 5) is 6.61. The first kappa shape index (κ1) is 14.0. The van der Waals surface area contributed by atoms with E-state index in [0.29, 0.717) is 16.7 Å². The van der Waals surface area contributed by atoms with Gasteiger partial charge in [0, 0.05) is 10.9 Å². The number of nitrogens with zero attached hydrogens (tertiary/aromatic N) is 1.